The summed E-state index contributed by atoms with van der Waals surface area (Å²) in [6.45, 7) is 1.45. The molecule has 2 saturated carbocycles. The van der Waals surface area contributed by atoms with Gasteiger partial charge in [0.2, 0.25) is 0 Å². The highest BCUT2D eigenvalue weighted by atomic mass is 31.2. The van der Waals surface area contributed by atoms with E-state index in [-0.39, 0.29) is 18.4 Å². The molecule has 150 valence electrons. The minimum Gasteiger partial charge on any atom is -0.459 e. The van der Waals surface area contributed by atoms with Crippen LogP contribution < -0.4 is 0 Å². The third kappa shape index (κ3) is 11.4. The summed E-state index contributed by atoms with van der Waals surface area (Å²) in [6.07, 6.45) is 13.0. The van der Waals surface area contributed by atoms with E-state index in [9.17, 15) is 14.2 Å². The summed E-state index contributed by atoms with van der Waals surface area (Å²) in [4.78, 5) is 39.1. The molecule has 0 amide bonds. The SMILES string of the molecule is CCP(=O)(O)O.O=C(/C=C\C(=O)OC1CCCCC1)OC1CCCCC1. The van der Waals surface area contributed by atoms with Gasteiger partial charge in [0.1, 0.15) is 12.2 Å². The first kappa shape index (κ1) is 22.9. The molecule has 7 nitrogen and oxygen atoms in total. The normalized spacial score (nSPS) is 19.5. The maximum Gasteiger partial charge on any atom is 0.331 e. The quantitative estimate of drug-likeness (QED) is 0.420. The van der Waals surface area contributed by atoms with Crippen molar-refractivity contribution in [3.05, 3.63) is 12.2 Å². The first-order valence-electron chi connectivity index (χ1n) is 9.44. The Hall–Kier alpha value is -1.17. The van der Waals surface area contributed by atoms with Crippen molar-refractivity contribution in [2.24, 2.45) is 0 Å². The number of rotatable bonds is 5. The fourth-order valence-electron chi connectivity index (χ4n) is 2.91. The molecule has 0 aromatic carbocycles. The van der Waals surface area contributed by atoms with Crippen LogP contribution in [0, 0.1) is 0 Å². The number of hydrogen-bond acceptors (Lipinski definition) is 5. The molecule has 0 unspecified atom stereocenters. The van der Waals surface area contributed by atoms with Gasteiger partial charge in [-0.2, -0.15) is 0 Å². The minimum atomic E-state index is -3.65. The van der Waals surface area contributed by atoms with Gasteiger partial charge in [-0.1, -0.05) is 19.8 Å². The Balaban J connectivity index is 0.000000487. The number of hydrogen-bond donors (Lipinski definition) is 2. The van der Waals surface area contributed by atoms with Crippen molar-refractivity contribution in [1.29, 1.82) is 0 Å². The van der Waals surface area contributed by atoms with Gasteiger partial charge in [-0.25, -0.2) is 9.59 Å². The summed E-state index contributed by atoms with van der Waals surface area (Å²) in [5.41, 5.74) is 0. The lowest BCUT2D eigenvalue weighted by Gasteiger charge is -2.21. The van der Waals surface area contributed by atoms with Gasteiger partial charge in [-0.05, 0) is 51.4 Å². The van der Waals surface area contributed by atoms with Crippen molar-refractivity contribution in [1.82, 2.24) is 0 Å². The van der Waals surface area contributed by atoms with Gasteiger partial charge in [0.15, 0.2) is 0 Å². The Morgan fingerprint density at radius 1 is 0.846 bits per heavy atom. The average molecular weight is 390 g/mol. The molecule has 0 bridgehead atoms. The largest absolute Gasteiger partial charge is 0.459 e. The van der Waals surface area contributed by atoms with E-state index >= 15 is 0 Å². The van der Waals surface area contributed by atoms with Crippen LogP contribution in [0.4, 0.5) is 0 Å². The smallest absolute Gasteiger partial charge is 0.331 e. The van der Waals surface area contributed by atoms with Crippen LogP contribution in [0.5, 0.6) is 0 Å². The van der Waals surface area contributed by atoms with E-state index in [1.54, 1.807) is 0 Å². The standard InChI is InChI=1S/C16H24O4.C2H7O3P/c17-15(19-13-7-3-1-4-8-13)11-12-16(18)20-14-9-5-2-6-10-14;1-2-6(3,4)5/h11-14H,1-10H2;2H2,1H3,(H2,3,4,5)/b12-11-;. The summed E-state index contributed by atoms with van der Waals surface area (Å²) >= 11 is 0. The lowest BCUT2D eigenvalue weighted by atomic mass is 9.98. The van der Waals surface area contributed by atoms with E-state index < -0.39 is 19.5 Å². The molecular weight excluding hydrogens is 359 g/mol. The van der Waals surface area contributed by atoms with Crippen molar-refractivity contribution >= 4 is 19.5 Å². The van der Waals surface area contributed by atoms with Gasteiger partial charge in [0.05, 0.1) is 0 Å². The van der Waals surface area contributed by atoms with E-state index in [2.05, 4.69) is 0 Å². The lowest BCUT2D eigenvalue weighted by molar-refractivity contribution is -0.147. The van der Waals surface area contributed by atoms with E-state index in [4.69, 9.17) is 19.3 Å². The van der Waals surface area contributed by atoms with E-state index in [0.29, 0.717) is 0 Å². The molecule has 8 heteroatoms. The molecule has 2 N–H and O–H groups in total. The van der Waals surface area contributed by atoms with Crippen molar-refractivity contribution in [2.75, 3.05) is 6.16 Å². The number of esters is 2. The zero-order valence-electron chi connectivity index (χ0n) is 15.5. The Kier molecular flexibility index (Phi) is 10.8. The molecule has 26 heavy (non-hydrogen) atoms. The zero-order chi connectivity index (χ0) is 19.4. The van der Waals surface area contributed by atoms with Crippen LogP contribution in [0.2, 0.25) is 0 Å². The predicted octanol–water partition coefficient (Wildman–Crippen LogP) is 3.48. The molecule has 2 aliphatic rings. The Morgan fingerprint density at radius 2 is 1.15 bits per heavy atom. The summed E-state index contributed by atoms with van der Waals surface area (Å²) in [6, 6.07) is 0. The fourth-order valence-corrected chi connectivity index (χ4v) is 2.91. The molecule has 0 aromatic rings. The second-order valence-corrected chi connectivity index (χ2v) is 8.67. The molecule has 0 aromatic heterocycles. The number of ether oxygens (including phenoxy) is 2. The van der Waals surface area contributed by atoms with Crippen molar-refractivity contribution < 1.29 is 33.4 Å². The molecule has 2 aliphatic carbocycles. The highest BCUT2D eigenvalue weighted by molar-refractivity contribution is 7.51. The van der Waals surface area contributed by atoms with Gasteiger partial charge < -0.3 is 19.3 Å². The maximum atomic E-state index is 11.6. The van der Waals surface area contributed by atoms with Gasteiger partial charge >= 0.3 is 19.5 Å². The molecule has 0 heterocycles. The van der Waals surface area contributed by atoms with Crippen LogP contribution in [0.3, 0.4) is 0 Å². The van der Waals surface area contributed by atoms with Gasteiger partial charge in [0, 0.05) is 18.3 Å². The first-order chi connectivity index (χ1) is 12.3. The molecule has 0 aliphatic heterocycles. The van der Waals surface area contributed by atoms with Crippen LogP contribution in [0.1, 0.15) is 71.1 Å². The maximum absolute atomic E-state index is 11.6. The second kappa shape index (κ2) is 12.3. The summed E-state index contributed by atoms with van der Waals surface area (Å²) in [5, 5.41) is 0. The molecule has 2 fully saturated rings. The third-order valence-electron chi connectivity index (χ3n) is 4.44. The average Bonchev–Trinajstić information content (AvgIpc) is 2.62. The highest BCUT2D eigenvalue weighted by Gasteiger charge is 2.18. The van der Waals surface area contributed by atoms with E-state index in [1.807, 2.05) is 0 Å². The second-order valence-electron chi connectivity index (χ2n) is 6.71. The molecule has 2 rings (SSSR count). The first-order valence-corrected chi connectivity index (χ1v) is 11.2. The van der Waals surface area contributed by atoms with Gasteiger partial charge in [-0.15, -0.1) is 0 Å². The predicted molar refractivity (Wildman–Crippen MR) is 97.7 cm³/mol. The topological polar surface area (TPSA) is 110 Å². The van der Waals surface area contributed by atoms with Crippen LogP contribution in [0.15, 0.2) is 12.2 Å². The van der Waals surface area contributed by atoms with Gasteiger partial charge in [-0.3, -0.25) is 4.57 Å². The lowest BCUT2D eigenvalue weighted by Crippen LogP contribution is -2.21. The third-order valence-corrected chi connectivity index (χ3v) is 5.26. The Labute approximate surface area is 155 Å². The number of carbonyl (C=O) groups is 2. The fraction of sp³-hybridized carbons (Fsp3) is 0.778. The van der Waals surface area contributed by atoms with E-state index in [1.165, 1.54) is 31.9 Å². The minimum absolute atomic E-state index is 0.0234. The van der Waals surface area contributed by atoms with Crippen LogP contribution in [-0.4, -0.2) is 40.1 Å². The van der Waals surface area contributed by atoms with Crippen molar-refractivity contribution in [2.45, 2.75) is 83.3 Å². The van der Waals surface area contributed by atoms with E-state index in [0.717, 1.165) is 51.4 Å². The van der Waals surface area contributed by atoms with Gasteiger partial charge in [0.25, 0.3) is 0 Å². The summed E-state index contributed by atoms with van der Waals surface area (Å²) < 4.78 is 20.3. The number of carbonyl (C=O) groups excluding carboxylic acids is 2. The monoisotopic (exact) mass is 390 g/mol. The molecule has 0 radical (unpaired) electrons. The Bertz CT molecular complexity index is 466. The highest BCUT2D eigenvalue weighted by Crippen LogP contribution is 2.32. The van der Waals surface area contributed by atoms with Crippen molar-refractivity contribution in [3.8, 4) is 0 Å². The van der Waals surface area contributed by atoms with Crippen LogP contribution in [-0.2, 0) is 23.6 Å². The van der Waals surface area contributed by atoms with Crippen LogP contribution >= 0.6 is 7.60 Å². The van der Waals surface area contributed by atoms with Crippen LogP contribution in [0.25, 0.3) is 0 Å². The summed E-state index contributed by atoms with van der Waals surface area (Å²) in [5.74, 6) is -0.866. The molecule has 0 spiro atoms. The summed E-state index contributed by atoms with van der Waals surface area (Å²) in [7, 11) is -3.65. The molecule has 0 atom stereocenters. The molecule has 0 saturated heterocycles. The zero-order valence-corrected chi connectivity index (χ0v) is 16.4. The molecular formula is C18H31O7P. The Morgan fingerprint density at radius 3 is 1.42 bits per heavy atom. The van der Waals surface area contributed by atoms with Crippen molar-refractivity contribution in [3.63, 3.8) is 0 Å².